The van der Waals surface area contributed by atoms with Crippen molar-refractivity contribution in [2.45, 2.75) is 50.6 Å². The van der Waals surface area contributed by atoms with Crippen LogP contribution >= 0.6 is 0 Å². The quantitative estimate of drug-likeness (QED) is 0.478. The number of benzene rings is 2. The average Bonchev–Trinajstić information content (AvgIpc) is 3.44. The molecule has 1 aliphatic carbocycles. The van der Waals surface area contributed by atoms with Crippen LogP contribution in [0.4, 0.5) is 4.79 Å². The van der Waals surface area contributed by atoms with E-state index in [1.165, 1.54) is 0 Å². The molecule has 2 aromatic carbocycles. The van der Waals surface area contributed by atoms with Gasteiger partial charge in [0.05, 0.1) is 19.3 Å². The molecule has 2 aromatic rings. The molecular weight excluding hydrogens is 448 g/mol. The van der Waals surface area contributed by atoms with E-state index in [0.717, 1.165) is 35.1 Å². The van der Waals surface area contributed by atoms with Gasteiger partial charge in [-0.2, -0.15) is 0 Å². The largest absolute Gasteiger partial charge is 0.481 e. The van der Waals surface area contributed by atoms with Crippen molar-refractivity contribution in [3.8, 4) is 11.1 Å². The van der Waals surface area contributed by atoms with E-state index in [0.29, 0.717) is 6.42 Å². The van der Waals surface area contributed by atoms with Gasteiger partial charge >= 0.3 is 12.1 Å². The first-order valence-corrected chi connectivity index (χ1v) is 12.2. The second kappa shape index (κ2) is 11.4. The molecule has 2 aliphatic rings. The summed E-state index contributed by atoms with van der Waals surface area (Å²) in [4.78, 5) is 36.6. The number of hydrogen-bond acceptors (Lipinski definition) is 5. The average molecular weight is 481 g/mol. The Bertz CT molecular complexity index is 1030. The number of amides is 2. The number of carbonyl (C=O) groups excluding carboxylic acids is 2. The van der Waals surface area contributed by atoms with Crippen LogP contribution in [0.1, 0.15) is 49.7 Å². The van der Waals surface area contributed by atoms with Crippen molar-refractivity contribution in [1.29, 1.82) is 0 Å². The van der Waals surface area contributed by atoms with Crippen LogP contribution in [0.5, 0.6) is 0 Å². The molecule has 1 heterocycles. The maximum atomic E-state index is 12.7. The second-order valence-corrected chi connectivity index (χ2v) is 9.17. The fourth-order valence-corrected chi connectivity index (χ4v) is 4.91. The van der Waals surface area contributed by atoms with Crippen molar-refractivity contribution in [2.24, 2.45) is 5.92 Å². The van der Waals surface area contributed by atoms with Crippen molar-refractivity contribution in [1.82, 2.24) is 10.6 Å². The number of alkyl carbamates (subject to hydrolysis) is 1. The Kier molecular flexibility index (Phi) is 8.02. The molecule has 3 N–H and O–H groups in total. The highest BCUT2D eigenvalue weighted by Crippen LogP contribution is 2.44. The molecule has 0 aromatic heterocycles. The zero-order valence-corrected chi connectivity index (χ0v) is 19.9. The molecule has 3 atom stereocenters. The standard InChI is InChI=1S/C27H32N2O6/c1-2-3-8-17(13-25(30)29-24-16-34-14-23(24)26(31)32)28-27(33)35-15-22-20-11-6-4-9-18(20)19-10-5-7-12-21(19)22/h4-7,9-12,17,22-24H,2-3,8,13-16H2,1H3,(H,28,33)(H,29,30)(H,31,32)/t17-,23?,24?/m1/s1. The first-order chi connectivity index (χ1) is 17.0. The summed E-state index contributed by atoms with van der Waals surface area (Å²) in [5.74, 6) is -2.11. The van der Waals surface area contributed by atoms with Crippen molar-refractivity contribution in [2.75, 3.05) is 19.8 Å². The summed E-state index contributed by atoms with van der Waals surface area (Å²) in [5, 5.41) is 14.9. The summed E-state index contributed by atoms with van der Waals surface area (Å²) in [5.41, 5.74) is 4.58. The van der Waals surface area contributed by atoms with Gasteiger partial charge in [0.25, 0.3) is 0 Å². The summed E-state index contributed by atoms with van der Waals surface area (Å²) in [6.07, 6.45) is 1.87. The van der Waals surface area contributed by atoms with E-state index in [1.54, 1.807) is 0 Å². The van der Waals surface area contributed by atoms with Gasteiger partial charge in [0.15, 0.2) is 0 Å². The number of fused-ring (bicyclic) bond motifs is 3. The van der Waals surface area contributed by atoms with E-state index in [-0.39, 0.29) is 38.1 Å². The minimum atomic E-state index is -0.993. The Morgan fingerprint density at radius 3 is 2.34 bits per heavy atom. The summed E-state index contributed by atoms with van der Waals surface area (Å²) in [6.45, 7) is 2.49. The van der Waals surface area contributed by atoms with Gasteiger partial charge in [-0.05, 0) is 28.7 Å². The third-order valence-corrected chi connectivity index (χ3v) is 6.75. The summed E-state index contributed by atoms with van der Waals surface area (Å²) >= 11 is 0. The van der Waals surface area contributed by atoms with Crippen LogP contribution in [0.3, 0.4) is 0 Å². The van der Waals surface area contributed by atoms with Crippen molar-refractivity contribution in [3.05, 3.63) is 59.7 Å². The van der Waals surface area contributed by atoms with Crippen LogP contribution in [-0.4, -0.2) is 55.0 Å². The molecule has 8 nitrogen and oxygen atoms in total. The van der Waals surface area contributed by atoms with E-state index in [2.05, 4.69) is 34.9 Å². The molecule has 2 unspecified atom stereocenters. The Morgan fingerprint density at radius 1 is 1.06 bits per heavy atom. The predicted molar refractivity (Wildman–Crippen MR) is 130 cm³/mol. The molecule has 0 bridgehead atoms. The highest BCUT2D eigenvalue weighted by molar-refractivity contribution is 5.80. The van der Waals surface area contributed by atoms with Crippen LogP contribution in [0, 0.1) is 5.92 Å². The molecule has 0 spiro atoms. The summed E-state index contributed by atoms with van der Waals surface area (Å²) in [7, 11) is 0. The van der Waals surface area contributed by atoms with Gasteiger partial charge in [0, 0.05) is 18.4 Å². The first kappa shape index (κ1) is 24.7. The molecule has 0 saturated carbocycles. The fraction of sp³-hybridized carbons (Fsp3) is 0.444. The van der Waals surface area contributed by atoms with Crippen LogP contribution in [0.2, 0.25) is 0 Å². The molecule has 1 fully saturated rings. The third-order valence-electron chi connectivity index (χ3n) is 6.75. The molecule has 2 amide bonds. The van der Waals surface area contributed by atoms with E-state index < -0.39 is 30.1 Å². The second-order valence-electron chi connectivity index (χ2n) is 9.17. The van der Waals surface area contributed by atoms with Crippen molar-refractivity contribution < 1.29 is 29.0 Å². The highest BCUT2D eigenvalue weighted by Gasteiger charge is 2.35. The molecule has 186 valence electrons. The highest BCUT2D eigenvalue weighted by atomic mass is 16.5. The monoisotopic (exact) mass is 480 g/mol. The Morgan fingerprint density at radius 2 is 1.71 bits per heavy atom. The number of rotatable bonds is 10. The molecule has 35 heavy (non-hydrogen) atoms. The Labute approximate surface area is 205 Å². The smallest absolute Gasteiger partial charge is 0.407 e. The van der Waals surface area contributed by atoms with Gasteiger partial charge in [-0.1, -0.05) is 68.3 Å². The lowest BCUT2D eigenvalue weighted by atomic mass is 9.98. The zero-order chi connectivity index (χ0) is 24.8. The number of hydrogen-bond donors (Lipinski definition) is 3. The van der Waals surface area contributed by atoms with E-state index in [4.69, 9.17) is 9.47 Å². The minimum Gasteiger partial charge on any atom is -0.481 e. The van der Waals surface area contributed by atoms with Gasteiger partial charge in [-0.3, -0.25) is 9.59 Å². The lowest BCUT2D eigenvalue weighted by molar-refractivity contribution is -0.142. The number of nitrogens with one attached hydrogen (secondary N) is 2. The molecule has 4 rings (SSSR count). The first-order valence-electron chi connectivity index (χ1n) is 12.2. The lowest BCUT2D eigenvalue weighted by Gasteiger charge is -2.21. The number of carboxylic acids is 1. The van der Waals surface area contributed by atoms with E-state index in [9.17, 15) is 19.5 Å². The molecule has 1 aliphatic heterocycles. The summed E-state index contributed by atoms with van der Waals surface area (Å²) in [6, 6.07) is 15.3. The van der Waals surface area contributed by atoms with Gasteiger partial charge in [-0.25, -0.2) is 4.79 Å². The zero-order valence-electron chi connectivity index (χ0n) is 19.9. The predicted octanol–water partition coefficient (Wildman–Crippen LogP) is 3.69. The Hall–Kier alpha value is -3.39. The van der Waals surface area contributed by atoms with Gasteiger partial charge in [0.2, 0.25) is 5.91 Å². The molecule has 1 saturated heterocycles. The minimum absolute atomic E-state index is 0.0409. The normalized spacial score (nSPS) is 19.5. The van der Waals surface area contributed by atoms with Gasteiger partial charge in [-0.15, -0.1) is 0 Å². The van der Waals surface area contributed by atoms with Crippen LogP contribution in [0.25, 0.3) is 11.1 Å². The number of unbranched alkanes of at least 4 members (excludes halogenated alkanes) is 1. The van der Waals surface area contributed by atoms with Gasteiger partial charge in [0.1, 0.15) is 12.5 Å². The molecule has 8 heteroatoms. The van der Waals surface area contributed by atoms with E-state index in [1.807, 2.05) is 31.2 Å². The van der Waals surface area contributed by atoms with Crippen LogP contribution < -0.4 is 10.6 Å². The van der Waals surface area contributed by atoms with Crippen LogP contribution in [-0.2, 0) is 19.1 Å². The third kappa shape index (κ3) is 5.82. The fourth-order valence-electron chi connectivity index (χ4n) is 4.91. The maximum absolute atomic E-state index is 12.7. The number of aliphatic carboxylic acids is 1. The molecule has 0 radical (unpaired) electrons. The van der Waals surface area contributed by atoms with Gasteiger partial charge < -0.3 is 25.2 Å². The SMILES string of the molecule is CCCC[C@H](CC(=O)NC1COCC1C(=O)O)NC(=O)OCC1c2ccccc2-c2ccccc21. The summed E-state index contributed by atoms with van der Waals surface area (Å²) < 4.78 is 10.8. The number of carbonyl (C=O) groups is 3. The topological polar surface area (TPSA) is 114 Å². The maximum Gasteiger partial charge on any atom is 0.407 e. The van der Waals surface area contributed by atoms with Crippen LogP contribution in [0.15, 0.2) is 48.5 Å². The number of ether oxygens (including phenoxy) is 2. The lowest BCUT2D eigenvalue weighted by Crippen LogP contribution is -2.46. The van der Waals surface area contributed by atoms with Crippen molar-refractivity contribution >= 4 is 18.0 Å². The number of carboxylic acid groups (broad SMARTS) is 1. The van der Waals surface area contributed by atoms with E-state index >= 15 is 0 Å². The Balaban J connectivity index is 1.34. The molecular formula is C27H32N2O6. The van der Waals surface area contributed by atoms with Crippen molar-refractivity contribution in [3.63, 3.8) is 0 Å².